The van der Waals surface area contributed by atoms with Crippen LogP contribution in [0.15, 0.2) is 33.6 Å². The molecular formula is C11H15ClN2O2S. The molecule has 0 atom stereocenters. The molecule has 94 valence electrons. The Bertz CT molecular complexity index is 479. The first-order valence-electron chi connectivity index (χ1n) is 5.29. The van der Waals surface area contributed by atoms with Crippen LogP contribution in [0.4, 0.5) is 0 Å². The maximum atomic E-state index is 11.8. The lowest BCUT2D eigenvalue weighted by molar-refractivity contribution is 0.480. The highest BCUT2D eigenvalue weighted by Crippen LogP contribution is 2.15. The summed E-state index contributed by atoms with van der Waals surface area (Å²) in [7, 11) is -3.62. The molecule has 0 aliphatic rings. The van der Waals surface area contributed by atoms with Gasteiger partial charge in [-0.3, -0.25) is 0 Å². The molecule has 0 unspecified atom stereocenters. The van der Waals surface area contributed by atoms with Crippen molar-refractivity contribution in [1.29, 1.82) is 0 Å². The SMILES string of the molecule is CCN(/C=N/S(=O)(=O)c1ccc(Cl)cc1)CC. The normalized spacial score (nSPS) is 11.9. The van der Waals surface area contributed by atoms with Gasteiger partial charge in [-0.25, -0.2) is 0 Å². The molecule has 0 aliphatic heterocycles. The summed E-state index contributed by atoms with van der Waals surface area (Å²) < 4.78 is 27.3. The highest BCUT2D eigenvalue weighted by atomic mass is 35.5. The molecule has 1 aromatic rings. The number of benzene rings is 1. The van der Waals surface area contributed by atoms with Crippen LogP contribution in [0.5, 0.6) is 0 Å². The van der Waals surface area contributed by atoms with E-state index in [1.165, 1.54) is 30.6 Å². The van der Waals surface area contributed by atoms with Crippen LogP contribution in [0, 0.1) is 0 Å². The molecule has 0 heterocycles. The van der Waals surface area contributed by atoms with Gasteiger partial charge in [0.2, 0.25) is 0 Å². The topological polar surface area (TPSA) is 49.7 Å². The summed E-state index contributed by atoms with van der Waals surface area (Å²) in [6.45, 7) is 5.31. The largest absolute Gasteiger partial charge is 0.362 e. The smallest absolute Gasteiger partial charge is 0.283 e. The summed E-state index contributed by atoms with van der Waals surface area (Å²) in [5.41, 5.74) is 0. The fourth-order valence-electron chi connectivity index (χ4n) is 1.18. The predicted octanol–water partition coefficient (Wildman–Crippen LogP) is 2.40. The Balaban J connectivity index is 2.92. The number of hydrogen-bond donors (Lipinski definition) is 0. The molecule has 0 saturated carbocycles. The third-order valence-corrected chi connectivity index (χ3v) is 3.76. The Labute approximate surface area is 107 Å². The second-order valence-electron chi connectivity index (χ2n) is 3.37. The van der Waals surface area contributed by atoms with Crippen molar-refractivity contribution in [2.24, 2.45) is 4.40 Å². The standard InChI is InChI=1S/C11H15ClN2O2S/c1-3-14(4-2)9-13-17(15,16)11-7-5-10(12)6-8-11/h5-9H,3-4H2,1-2H3/b13-9+. The molecule has 1 rings (SSSR count). The summed E-state index contributed by atoms with van der Waals surface area (Å²) in [4.78, 5) is 1.94. The van der Waals surface area contributed by atoms with Crippen LogP contribution in [-0.2, 0) is 10.0 Å². The van der Waals surface area contributed by atoms with Gasteiger partial charge in [0.25, 0.3) is 10.0 Å². The third-order valence-electron chi connectivity index (χ3n) is 2.27. The van der Waals surface area contributed by atoms with E-state index in [2.05, 4.69) is 4.40 Å². The highest BCUT2D eigenvalue weighted by molar-refractivity contribution is 7.90. The van der Waals surface area contributed by atoms with Crippen molar-refractivity contribution >= 4 is 28.0 Å². The van der Waals surface area contributed by atoms with Gasteiger partial charge in [-0.2, -0.15) is 8.42 Å². The quantitative estimate of drug-likeness (QED) is 0.612. The average molecular weight is 275 g/mol. The molecule has 0 radical (unpaired) electrons. The number of halogens is 1. The minimum Gasteiger partial charge on any atom is -0.362 e. The summed E-state index contributed by atoms with van der Waals surface area (Å²) >= 11 is 5.69. The number of nitrogens with zero attached hydrogens (tertiary/aromatic N) is 2. The predicted molar refractivity (Wildman–Crippen MR) is 70.1 cm³/mol. The zero-order chi connectivity index (χ0) is 12.9. The summed E-state index contributed by atoms with van der Waals surface area (Å²) in [6.07, 6.45) is 1.35. The first-order valence-corrected chi connectivity index (χ1v) is 7.11. The van der Waals surface area contributed by atoms with E-state index < -0.39 is 10.0 Å². The number of hydrogen-bond acceptors (Lipinski definition) is 2. The zero-order valence-electron chi connectivity index (χ0n) is 9.80. The van der Waals surface area contributed by atoms with E-state index >= 15 is 0 Å². The molecule has 0 spiro atoms. The van der Waals surface area contributed by atoms with Gasteiger partial charge in [0, 0.05) is 18.1 Å². The lowest BCUT2D eigenvalue weighted by Crippen LogP contribution is -2.21. The van der Waals surface area contributed by atoms with E-state index in [0.717, 1.165) is 13.1 Å². The minimum absolute atomic E-state index is 0.144. The van der Waals surface area contributed by atoms with Crippen molar-refractivity contribution in [1.82, 2.24) is 4.90 Å². The van der Waals surface area contributed by atoms with Gasteiger partial charge in [0.05, 0.1) is 4.90 Å². The van der Waals surface area contributed by atoms with E-state index in [1.54, 1.807) is 4.90 Å². The van der Waals surface area contributed by atoms with Crippen LogP contribution in [0.3, 0.4) is 0 Å². The van der Waals surface area contributed by atoms with Crippen molar-refractivity contribution < 1.29 is 8.42 Å². The molecule has 0 bridgehead atoms. The summed E-state index contributed by atoms with van der Waals surface area (Å²) in [5, 5.41) is 0.497. The molecule has 0 aliphatic carbocycles. The molecule has 0 fully saturated rings. The molecule has 0 aromatic heterocycles. The van der Waals surface area contributed by atoms with Gasteiger partial charge >= 0.3 is 0 Å². The molecule has 17 heavy (non-hydrogen) atoms. The summed E-state index contributed by atoms with van der Waals surface area (Å²) in [6, 6.07) is 5.94. The fourth-order valence-corrected chi connectivity index (χ4v) is 2.17. The van der Waals surface area contributed by atoms with Gasteiger partial charge < -0.3 is 4.90 Å². The summed E-state index contributed by atoms with van der Waals surface area (Å²) in [5.74, 6) is 0. The first kappa shape index (κ1) is 14.0. The van der Waals surface area contributed by atoms with Gasteiger partial charge in [0.15, 0.2) is 0 Å². The Kier molecular flexibility index (Phi) is 4.96. The molecule has 1 aromatic carbocycles. The lowest BCUT2D eigenvalue weighted by Gasteiger charge is -2.13. The van der Waals surface area contributed by atoms with Crippen LogP contribution < -0.4 is 0 Å². The Morgan fingerprint density at radius 3 is 2.24 bits per heavy atom. The van der Waals surface area contributed by atoms with Gasteiger partial charge in [-0.1, -0.05) is 11.6 Å². The highest BCUT2D eigenvalue weighted by Gasteiger charge is 2.11. The van der Waals surface area contributed by atoms with E-state index in [1.807, 2.05) is 13.8 Å². The van der Waals surface area contributed by atoms with Crippen molar-refractivity contribution in [3.63, 3.8) is 0 Å². The van der Waals surface area contributed by atoms with E-state index in [-0.39, 0.29) is 4.90 Å². The number of sulfonamides is 1. The van der Waals surface area contributed by atoms with Crippen molar-refractivity contribution in [3.8, 4) is 0 Å². The zero-order valence-corrected chi connectivity index (χ0v) is 11.4. The minimum atomic E-state index is -3.62. The van der Waals surface area contributed by atoms with Crippen LogP contribution >= 0.6 is 11.6 Å². The average Bonchev–Trinajstić information content (AvgIpc) is 2.31. The van der Waals surface area contributed by atoms with Crippen LogP contribution in [0.1, 0.15) is 13.8 Å². The van der Waals surface area contributed by atoms with Crippen molar-refractivity contribution in [3.05, 3.63) is 29.3 Å². The van der Waals surface area contributed by atoms with Crippen molar-refractivity contribution in [2.75, 3.05) is 13.1 Å². The monoisotopic (exact) mass is 274 g/mol. The second kappa shape index (κ2) is 6.02. The molecule has 6 heteroatoms. The maximum absolute atomic E-state index is 11.8. The van der Waals surface area contributed by atoms with Crippen LogP contribution in [-0.4, -0.2) is 32.7 Å². The molecule has 0 saturated heterocycles. The Morgan fingerprint density at radius 1 is 1.24 bits per heavy atom. The Morgan fingerprint density at radius 2 is 1.76 bits per heavy atom. The van der Waals surface area contributed by atoms with E-state index in [0.29, 0.717) is 5.02 Å². The second-order valence-corrected chi connectivity index (χ2v) is 5.44. The van der Waals surface area contributed by atoms with Gasteiger partial charge in [-0.05, 0) is 38.1 Å². The molecule has 4 nitrogen and oxygen atoms in total. The molecular weight excluding hydrogens is 260 g/mol. The van der Waals surface area contributed by atoms with Crippen LogP contribution in [0.2, 0.25) is 5.02 Å². The van der Waals surface area contributed by atoms with E-state index in [4.69, 9.17) is 11.6 Å². The Hall–Kier alpha value is -1.07. The number of rotatable bonds is 5. The third kappa shape index (κ3) is 4.02. The maximum Gasteiger partial charge on any atom is 0.283 e. The van der Waals surface area contributed by atoms with Gasteiger partial charge in [-0.15, -0.1) is 4.40 Å². The van der Waals surface area contributed by atoms with Crippen molar-refractivity contribution in [2.45, 2.75) is 18.7 Å². The molecule has 0 N–H and O–H groups in total. The molecule has 0 amide bonds. The van der Waals surface area contributed by atoms with Gasteiger partial charge in [0.1, 0.15) is 6.34 Å². The first-order chi connectivity index (χ1) is 7.99. The fraction of sp³-hybridized carbons (Fsp3) is 0.364. The van der Waals surface area contributed by atoms with Crippen LogP contribution in [0.25, 0.3) is 0 Å². The lowest BCUT2D eigenvalue weighted by atomic mass is 10.4. The van der Waals surface area contributed by atoms with E-state index in [9.17, 15) is 8.42 Å².